The van der Waals surface area contributed by atoms with Crippen LogP contribution in [0.1, 0.15) is 16.9 Å². The van der Waals surface area contributed by atoms with Gasteiger partial charge in [-0.1, -0.05) is 28.9 Å². The minimum Gasteiger partial charge on any atom is -0.469 e. The Morgan fingerprint density at radius 2 is 1.91 bits per heavy atom. The summed E-state index contributed by atoms with van der Waals surface area (Å²) in [7, 11) is 1.19. The normalized spacial score (nSPS) is 10.7. The maximum absolute atomic E-state index is 12.9. The number of methoxy groups -OCH3 is 1. The Kier molecular flexibility index (Phi) is 5.96. The quantitative estimate of drug-likeness (QED) is 0.249. The number of para-hydroxylation sites is 1. The highest BCUT2D eigenvalue weighted by Crippen LogP contribution is 2.29. The first kappa shape index (κ1) is 21.8. The molecule has 0 unspecified atom stereocenters. The number of aromatic nitrogens is 3. The third kappa shape index (κ3) is 4.77. The number of hydrogen-bond donors (Lipinski definition) is 4. The molecule has 0 atom stereocenters. The number of anilines is 2. The molecule has 4 rings (SSSR count). The van der Waals surface area contributed by atoms with E-state index in [9.17, 15) is 19.2 Å². The summed E-state index contributed by atoms with van der Waals surface area (Å²) in [5, 5.41) is 10.0. The molecule has 168 valence electrons. The van der Waals surface area contributed by atoms with Crippen LogP contribution in [0.2, 0.25) is 5.02 Å². The molecule has 4 aromatic rings. The second-order valence-electron chi connectivity index (χ2n) is 6.84. The van der Waals surface area contributed by atoms with E-state index in [1.54, 1.807) is 36.4 Å². The van der Waals surface area contributed by atoms with Gasteiger partial charge in [-0.2, -0.15) is 0 Å². The molecule has 2 heterocycles. The SMILES string of the molecule is COC(=O)CC(=O)Nc1cccc2cc(C(=O)Nc3ccc(Cl)cc3-c3noc(=O)[nH]3)[nH]c12. The number of rotatable bonds is 6. The molecule has 0 spiro atoms. The Balaban J connectivity index is 1.61. The number of esters is 1. The van der Waals surface area contributed by atoms with Crippen LogP contribution >= 0.6 is 11.6 Å². The number of carbonyl (C=O) groups is 3. The molecule has 2 aromatic carbocycles. The summed E-state index contributed by atoms with van der Waals surface area (Å²) < 4.78 is 9.02. The lowest BCUT2D eigenvalue weighted by Gasteiger charge is -2.09. The van der Waals surface area contributed by atoms with Crippen molar-refractivity contribution in [3.63, 3.8) is 0 Å². The smallest absolute Gasteiger partial charge is 0.439 e. The zero-order valence-corrected chi connectivity index (χ0v) is 17.8. The van der Waals surface area contributed by atoms with Gasteiger partial charge in [0, 0.05) is 16.0 Å². The monoisotopic (exact) mass is 469 g/mol. The lowest BCUT2D eigenvalue weighted by Crippen LogP contribution is -2.17. The number of carbonyl (C=O) groups excluding carboxylic acids is 3. The molecule has 0 saturated heterocycles. The molecule has 11 nitrogen and oxygen atoms in total. The van der Waals surface area contributed by atoms with Crippen molar-refractivity contribution in [3.05, 3.63) is 63.7 Å². The molecule has 0 bridgehead atoms. The number of hydrogen-bond acceptors (Lipinski definition) is 7. The molecule has 2 aromatic heterocycles. The fourth-order valence-electron chi connectivity index (χ4n) is 3.14. The topological polar surface area (TPSA) is 159 Å². The number of nitrogens with one attached hydrogen (secondary N) is 4. The zero-order valence-electron chi connectivity index (χ0n) is 17.0. The first-order valence-electron chi connectivity index (χ1n) is 9.49. The molecular weight excluding hydrogens is 454 g/mol. The van der Waals surface area contributed by atoms with Crippen molar-refractivity contribution in [1.29, 1.82) is 0 Å². The van der Waals surface area contributed by atoms with Crippen LogP contribution in [-0.4, -0.2) is 40.0 Å². The fourth-order valence-corrected chi connectivity index (χ4v) is 3.31. The number of amides is 2. The summed E-state index contributed by atoms with van der Waals surface area (Å²) in [4.78, 5) is 53.0. The molecule has 0 aliphatic rings. The molecule has 33 heavy (non-hydrogen) atoms. The summed E-state index contributed by atoms with van der Waals surface area (Å²) in [5.41, 5.74) is 1.79. The van der Waals surface area contributed by atoms with Gasteiger partial charge in [-0.05, 0) is 30.3 Å². The van der Waals surface area contributed by atoms with Crippen molar-refractivity contribution in [2.24, 2.45) is 0 Å². The molecule has 0 saturated carbocycles. The van der Waals surface area contributed by atoms with E-state index in [1.807, 2.05) is 0 Å². The first-order chi connectivity index (χ1) is 15.8. The minimum absolute atomic E-state index is 0.102. The zero-order chi connectivity index (χ0) is 23.5. The lowest BCUT2D eigenvalue weighted by atomic mass is 10.1. The van der Waals surface area contributed by atoms with Crippen LogP contribution in [0.5, 0.6) is 0 Å². The Bertz CT molecular complexity index is 1440. The van der Waals surface area contributed by atoms with E-state index in [0.717, 1.165) is 0 Å². The summed E-state index contributed by atoms with van der Waals surface area (Å²) in [5.74, 6) is -2.36. The number of H-pyrrole nitrogens is 2. The van der Waals surface area contributed by atoms with E-state index >= 15 is 0 Å². The van der Waals surface area contributed by atoms with Gasteiger partial charge in [0.15, 0.2) is 5.82 Å². The predicted molar refractivity (Wildman–Crippen MR) is 119 cm³/mol. The summed E-state index contributed by atoms with van der Waals surface area (Å²) >= 11 is 6.05. The molecule has 2 amide bonds. The van der Waals surface area contributed by atoms with Crippen molar-refractivity contribution < 1.29 is 23.6 Å². The number of halogens is 1. The largest absolute Gasteiger partial charge is 0.469 e. The summed E-state index contributed by atoms with van der Waals surface area (Å²) in [6, 6.07) is 11.3. The van der Waals surface area contributed by atoms with E-state index in [1.165, 1.54) is 13.2 Å². The van der Waals surface area contributed by atoms with Crippen LogP contribution in [0.15, 0.2) is 51.8 Å². The maximum Gasteiger partial charge on any atom is 0.439 e. The molecule has 0 aliphatic heterocycles. The highest BCUT2D eigenvalue weighted by molar-refractivity contribution is 6.31. The molecule has 4 N–H and O–H groups in total. The third-order valence-electron chi connectivity index (χ3n) is 4.63. The van der Waals surface area contributed by atoms with Crippen LogP contribution in [0.25, 0.3) is 22.3 Å². The van der Waals surface area contributed by atoms with Gasteiger partial charge in [-0.3, -0.25) is 23.9 Å². The van der Waals surface area contributed by atoms with Crippen molar-refractivity contribution >= 4 is 51.7 Å². The maximum atomic E-state index is 12.9. The molecule has 0 fully saturated rings. The second-order valence-corrected chi connectivity index (χ2v) is 7.28. The van der Waals surface area contributed by atoms with Gasteiger partial charge in [0.05, 0.1) is 24.0 Å². The highest BCUT2D eigenvalue weighted by Gasteiger charge is 2.17. The second kappa shape index (κ2) is 9.01. The predicted octanol–water partition coefficient (Wildman–Crippen LogP) is 2.92. The van der Waals surface area contributed by atoms with Crippen LogP contribution in [0, 0.1) is 0 Å². The van der Waals surface area contributed by atoms with Crippen molar-refractivity contribution in [3.8, 4) is 11.4 Å². The molecule has 12 heteroatoms. The van der Waals surface area contributed by atoms with Crippen LogP contribution < -0.4 is 16.4 Å². The minimum atomic E-state index is -0.750. The van der Waals surface area contributed by atoms with Crippen LogP contribution in [0.3, 0.4) is 0 Å². The summed E-state index contributed by atoms with van der Waals surface area (Å²) in [6.45, 7) is 0. The van der Waals surface area contributed by atoms with Crippen LogP contribution in [-0.2, 0) is 14.3 Å². The van der Waals surface area contributed by atoms with E-state index in [0.29, 0.717) is 32.9 Å². The van der Waals surface area contributed by atoms with Gasteiger partial charge in [0.25, 0.3) is 5.91 Å². The first-order valence-corrected chi connectivity index (χ1v) is 9.87. The Labute approximate surface area is 190 Å². The number of aromatic amines is 2. The summed E-state index contributed by atoms with van der Waals surface area (Å²) in [6.07, 6.45) is -0.440. The average molecular weight is 470 g/mol. The molecule has 0 aliphatic carbocycles. The number of fused-ring (bicyclic) bond motifs is 1. The van der Waals surface area contributed by atoms with Gasteiger partial charge >= 0.3 is 11.7 Å². The van der Waals surface area contributed by atoms with Crippen molar-refractivity contribution in [2.45, 2.75) is 6.42 Å². The molecule has 0 radical (unpaired) electrons. The van der Waals surface area contributed by atoms with Crippen LogP contribution in [0.4, 0.5) is 11.4 Å². The van der Waals surface area contributed by atoms with Gasteiger partial charge in [0.1, 0.15) is 12.1 Å². The average Bonchev–Trinajstić information content (AvgIpc) is 3.41. The van der Waals surface area contributed by atoms with Crippen molar-refractivity contribution in [1.82, 2.24) is 15.1 Å². The number of ether oxygens (including phenoxy) is 1. The lowest BCUT2D eigenvalue weighted by molar-refractivity contribution is -0.142. The Morgan fingerprint density at radius 1 is 1.09 bits per heavy atom. The van der Waals surface area contributed by atoms with Gasteiger partial charge in [-0.25, -0.2) is 4.79 Å². The van der Waals surface area contributed by atoms with E-state index < -0.39 is 30.0 Å². The van der Waals surface area contributed by atoms with Crippen molar-refractivity contribution in [2.75, 3.05) is 17.7 Å². The van der Waals surface area contributed by atoms with Gasteiger partial charge in [-0.15, -0.1) is 0 Å². The Hall–Kier alpha value is -4.38. The third-order valence-corrected chi connectivity index (χ3v) is 4.87. The van der Waals surface area contributed by atoms with E-state index in [4.69, 9.17) is 11.6 Å². The number of benzene rings is 2. The highest BCUT2D eigenvalue weighted by atomic mass is 35.5. The Morgan fingerprint density at radius 3 is 2.64 bits per heavy atom. The van der Waals surface area contributed by atoms with E-state index in [-0.39, 0.29) is 11.5 Å². The fraction of sp³-hybridized carbons (Fsp3) is 0.0952. The van der Waals surface area contributed by atoms with Gasteiger partial charge in [0.2, 0.25) is 5.91 Å². The molecular formula is C21H16ClN5O6. The van der Waals surface area contributed by atoms with Gasteiger partial charge < -0.3 is 20.4 Å². The number of nitrogens with zero attached hydrogens (tertiary/aromatic N) is 1. The van der Waals surface area contributed by atoms with E-state index in [2.05, 4.69) is 35.0 Å². The standard InChI is InChI=1S/C21H16ClN5O6/c1-32-17(29)9-16(28)23-14-4-2-3-10-7-15(24-18(10)14)20(30)25-13-6-5-11(22)8-12(13)19-26-21(31)33-27-19/h2-8,24H,9H2,1H3,(H,23,28)(H,25,30)(H,26,27,31).